The van der Waals surface area contributed by atoms with Crippen molar-refractivity contribution in [3.63, 3.8) is 0 Å². The Bertz CT molecular complexity index is 1110. The highest BCUT2D eigenvalue weighted by molar-refractivity contribution is 5.94. The average Bonchev–Trinajstić information content (AvgIpc) is 2.85. The quantitative estimate of drug-likeness (QED) is 0.617. The molecule has 2 heterocycles. The van der Waals surface area contributed by atoms with Crippen molar-refractivity contribution < 1.29 is 9.59 Å². The van der Waals surface area contributed by atoms with Crippen molar-refractivity contribution >= 4 is 11.8 Å². The first-order valence-corrected chi connectivity index (χ1v) is 13.6. The number of piperazine rings is 1. The molecule has 2 aliphatic heterocycles. The predicted octanol–water partition coefficient (Wildman–Crippen LogP) is 4.64. The van der Waals surface area contributed by atoms with Crippen molar-refractivity contribution in [2.75, 3.05) is 39.3 Å². The first-order valence-electron chi connectivity index (χ1n) is 13.6. The number of rotatable bonds is 5. The lowest BCUT2D eigenvalue weighted by Crippen LogP contribution is -2.64. The molecule has 0 bridgehead atoms. The Labute approximate surface area is 216 Å². The SMILES string of the molecule is CC1(C)CCC(C)(C)c2cc(CCC(=O)N3CC(N4CCN(C(=O)c5ccccc5)CC4)C3)ccc21. The molecule has 5 rings (SSSR count). The first kappa shape index (κ1) is 25.0. The molecule has 0 atom stereocenters. The highest BCUT2D eigenvalue weighted by Crippen LogP contribution is 2.46. The van der Waals surface area contributed by atoms with E-state index >= 15 is 0 Å². The number of benzene rings is 2. The lowest BCUT2D eigenvalue weighted by molar-refractivity contribution is -0.139. The molecule has 0 spiro atoms. The smallest absolute Gasteiger partial charge is 0.253 e. The number of nitrogens with zero attached hydrogens (tertiary/aromatic N) is 3. The van der Waals surface area contributed by atoms with Crippen molar-refractivity contribution in [1.29, 1.82) is 0 Å². The molecule has 1 aliphatic carbocycles. The maximum atomic E-state index is 12.9. The normalized spacial score (nSPS) is 21.6. The fourth-order valence-electron chi connectivity index (χ4n) is 6.14. The van der Waals surface area contributed by atoms with Gasteiger partial charge in [0.05, 0.1) is 0 Å². The number of fused-ring (bicyclic) bond motifs is 1. The van der Waals surface area contributed by atoms with E-state index in [-0.39, 0.29) is 22.6 Å². The van der Waals surface area contributed by atoms with E-state index < -0.39 is 0 Å². The molecule has 0 N–H and O–H groups in total. The van der Waals surface area contributed by atoms with Gasteiger partial charge in [-0.05, 0) is 58.9 Å². The van der Waals surface area contributed by atoms with Crippen LogP contribution in [-0.4, -0.2) is 71.8 Å². The fourth-order valence-corrected chi connectivity index (χ4v) is 6.14. The zero-order chi connectivity index (χ0) is 25.5. The largest absolute Gasteiger partial charge is 0.339 e. The van der Waals surface area contributed by atoms with Crippen molar-refractivity contribution in [2.24, 2.45) is 0 Å². The minimum absolute atomic E-state index is 0.120. The summed E-state index contributed by atoms with van der Waals surface area (Å²) in [6.07, 6.45) is 3.82. The Morgan fingerprint density at radius 3 is 2.11 bits per heavy atom. The van der Waals surface area contributed by atoms with Gasteiger partial charge in [0.15, 0.2) is 0 Å². The lowest BCUT2D eigenvalue weighted by atomic mass is 9.63. The van der Waals surface area contributed by atoms with Gasteiger partial charge in [0, 0.05) is 57.3 Å². The summed E-state index contributed by atoms with van der Waals surface area (Å²) in [7, 11) is 0. The number of hydrogen-bond acceptors (Lipinski definition) is 3. The molecule has 0 radical (unpaired) electrons. The highest BCUT2D eigenvalue weighted by Gasteiger charge is 2.38. The Kier molecular flexibility index (Phi) is 6.71. The number of hydrogen-bond donors (Lipinski definition) is 0. The third-order valence-electron chi connectivity index (χ3n) is 8.90. The molecule has 0 aromatic heterocycles. The van der Waals surface area contributed by atoms with Crippen LogP contribution in [-0.2, 0) is 22.0 Å². The predicted molar refractivity (Wildman–Crippen MR) is 144 cm³/mol. The zero-order valence-electron chi connectivity index (χ0n) is 22.4. The van der Waals surface area contributed by atoms with E-state index in [0.717, 1.165) is 51.3 Å². The van der Waals surface area contributed by atoms with Crippen LogP contribution in [0.4, 0.5) is 0 Å². The topological polar surface area (TPSA) is 43.9 Å². The van der Waals surface area contributed by atoms with Crippen LogP contribution in [0.2, 0.25) is 0 Å². The summed E-state index contributed by atoms with van der Waals surface area (Å²) in [5.41, 5.74) is 5.42. The molecule has 0 unspecified atom stereocenters. The third-order valence-corrected chi connectivity index (χ3v) is 8.90. The molecule has 2 aromatic carbocycles. The molecule has 2 aromatic rings. The van der Waals surface area contributed by atoms with E-state index in [0.29, 0.717) is 12.5 Å². The minimum atomic E-state index is 0.120. The number of carbonyl (C=O) groups is 2. The Balaban J connectivity index is 1.09. The standard InChI is InChI=1S/C31H41N3O2/c1-30(2)14-15-31(3,4)27-20-23(10-12-26(27)30)11-13-28(35)34-21-25(22-34)32-16-18-33(19-17-32)29(36)24-8-6-5-7-9-24/h5-10,12,20,25H,11,13-19,21-22H2,1-4H3. The van der Waals surface area contributed by atoms with Gasteiger partial charge in [-0.25, -0.2) is 0 Å². The van der Waals surface area contributed by atoms with Gasteiger partial charge < -0.3 is 9.80 Å². The van der Waals surface area contributed by atoms with Gasteiger partial charge in [0.1, 0.15) is 0 Å². The first-order chi connectivity index (χ1) is 17.1. The second kappa shape index (κ2) is 9.66. The van der Waals surface area contributed by atoms with E-state index in [4.69, 9.17) is 0 Å². The van der Waals surface area contributed by atoms with Gasteiger partial charge in [-0.1, -0.05) is 64.1 Å². The van der Waals surface area contributed by atoms with Crippen LogP contribution in [0.5, 0.6) is 0 Å². The third kappa shape index (κ3) is 4.95. The van der Waals surface area contributed by atoms with Crippen LogP contribution in [0.1, 0.15) is 74.0 Å². The van der Waals surface area contributed by atoms with Gasteiger partial charge >= 0.3 is 0 Å². The number of likely N-dealkylation sites (tertiary alicyclic amines) is 1. The van der Waals surface area contributed by atoms with Crippen molar-refractivity contribution in [3.8, 4) is 0 Å². The summed E-state index contributed by atoms with van der Waals surface area (Å²) >= 11 is 0. The van der Waals surface area contributed by atoms with Crippen molar-refractivity contribution in [2.45, 2.75) is 70.3 Å². The summed E-state index contributed by atoms with van der Waals surface area (Å²) < 4.78 is 0. The van der Waals surface area contributed by atoms with Crippen LogP contribution in [0.15, 0.2) is 48.5 Å². The Hall–Kier alpha value is -2.66. The van der Waals surface area contributed by atoms with Crippen LogP contribution >= 0.6 is 0 Å². The van der Waals surface area contributed by atoms with Gasteiger partial charge in [-0.3, -0.25) is 14.5 Å². The van der Waals surface area contributed by atoms with Gasteiger partial charge in [-0.2, -0.15) is 0 Å². The Morgan fingerprint density at radius 2 is 1.44 bits per heavy atom. The van der Waals surface area contributed by atoms with Crippen molar-refractivity contribution in [1.82, 2.24) is 14.7 Å². The molecule has 5 nitrogen and oxygen atoms in total. The van der Waals surface area contributed by atoms with E-state index in [2.05, 4.69) is 50.8 Å². The molecule has 192 valence electrons. The molecule has 36 heavy (non-hydrogen) atoms. The monoisotopic (exact) mass is 487 g/mol. The van der Waals surface area contributed by atoms with Crippen LogP contribution in [0.25, 0.3) is 0 Å². The van der Waals surface area contributed by atoms with Gasteiger partial charge in [0.2, 0.25) is 5.91 Å². The summed E-state index contributed by atoms with van der Waals surface area (Å²) in [6, 6.07) is 16.9. The van der Waals surface area contributed by atoms with Crippen LogP contribution in [0.3, 0.4) is 0 Å². The maximum Gasteiger partial charge on any atom is 0.253 e. The van der Waals surface area contributed by atoms with E-state index in [9.17, 15) is 9.59 Å². The molecule has 3 aliphatic rings. The maximum absolute atomic E-state index is 12.9. The molecule has 5 heteroatoms. The van der Waals surface area contributed by atoms with E-state index in [1.165, 1.54) is 29.5 Å². The number of aryl methyl sites for hydroxylation is 1. The number of amides is 2. The molecular weight excluding hydrogens is 446 g/mol. The average molecular weight is 488 g/mol. The summed E-state index contributed by atoms with van der Waals surface area (Å²) in [6.45, 7) is 14.3. The highest BCUT2D eigenvalue weighted by atomic mass is 16.2. The summed E-state index contributed by atoms with van der Waals surface area (Å²) in [5, 5.41) is 0. The lowest BCUT2D eigenvalue weighted by Gasteiger charge is -2.48. The molecule has 2 amide bonds. The zero-order valence-corrected chi connectivity index (χ0v) is 22.4. The Morgan fingerprint density at radius 1 is 0.806 bits per heavy atom. The minimum Gasteiger partial charge on any atom is -0.339 e. The molecule has 2 fully saturated rings. The van der Waals surface area contributed by atoms with Crippen LogP contribution in [0, 0.1) is 0 Å². The molecule has 0 saturated carbocycles. The van der Waals surface area contributed by atoms with Gasteiger partial charge in [0.25, 0.3) is 5.91 Å². The molecule has 2 saturated heterocycles. The molecular formula is C31H41N3O2. The van der Waals surface area contributed by atoms with Gasteiger partial charge in [-0.15, -0.1) is 0 Å². The second-order valence-electron chi connectivity index (χ2n) is 12.3. The van der Waals surface area contributed by atoms with E-state index in [1.54, 1.807) is 0 Å². The van der Waals surface area contributed by atoms with Crippen molar-refractivity contribution in [3.05, 3.63) is 70.8 Å². The number of carbonyl (C=O) groups excluding carboxylic acids is 2. The second-order valence-corrected chi connectivity index (χ2v) is 12.3. The van der Waals surface area contributed by atoms with Crippen LogP contribution < -0.4 is 0 Å². The summed E-state index contributed by atoms with van der Waals surface area (Å²) in [5.74, 6) is 0.385. The van der Waals surface area contributed by atoms with E-state index in [1.807, 2.05) is 40.1 Å². The summed E-state index contributed by atoms with van der Waals surface area (Å²) in [4.78, 5) is 32.0. The fraction of sp³-hybridized carbons (Fsp3) is 0.548.